The fourth-order valence-corrected chi connectivity index (χ4v) is 1.77. The summed E-state index contributed by atoms with van der Waals surface area (Å²) in [7, 11) is 2.95. The van der Waals surface area contributed by atoms with Crippen LogP contribution in [0.15, 0.2) is 0 Å². The fourth-order valence-electron chi connectivity index (χ4n) is 1.20. The summed E-state index contributed by atoms with van der Waals surface area (Å²) in [5.41, 5.74) is 0.886. The third kappa shape index (κ3) is 19.6. The minimum Gasteiger partial charge on any atom is -0.229 e. The van der Waals surface area contributed by atoms with Crippen molar-refractivity contribution < 1.29 is 0 Å². The summed E-state index contributed by atoms with van der Waals surface area (Å²) in [6.07, 6.45) is 11.1. The summed E-state index contributed by atoms with van der Waals surface area (Å²) in [5.74, 6) is 0. The van der Waals surface area contributed by atoms with Crippen molar-refractivity contribution >= 4 is 9.24 Å². The number of unbranched alkanes of at least 4 members (excludes halogenated alkanes) is 2. The molecule has 3 nitrogen and oxygen atoms in total. The molecule has 15 heavy (non-hydrogen) atoms. The SMILES string of the molecule is CCCCCC(P)CCC.N#CNC#N. The van der Waals surface area contributed by atoms with Gasteiger partial charge >= 0.3 is 0 Å². The predicted molar refractivity (Wildman–Crippen MR) is 66.9 cm³/mol. The molecule has 0 amide bonds. The van der Waals surface area contributed by atoms with Crippen LogP contribution in [0, 0.1) is 22.9 Å². The Hall–Kier alpha value is -0.790. The van der Waals surface area contributed by atoms with Crippen molar-refractivity contribution in [1.29, 1.82) is 10.5 Å². The molecule has 0 rings (SSSR count). The van der Waals surface area contributed by atoms with Gasteiger partial charge in [0, 0.05) is 0 Å². The largest absolute Gasteiger partial charge is 0.229 e. The van der Waals surface area contributed by atoms with Crippen LogP contribution in [0.4, 0.5) is 0 Å². The van der Waals surface area contributed by atoms with Gasteiger partial charge in [-0.25, -0.2) is 5.32 Å². The van der Waals surface area contributed by atoms with Crippen LogP contribution < -0.4 is 5.32 Å². The van der Waals surface area contributed by atoms with Crippen LogP contribution in [0.2, 0.25) is 0 Å². The van der Waals surface area contributed by atoms with E-state index in [2.05, 4.69) is 23.1 Å². The normalized spacial score (nSPS) is 10.2. The minimum atomic E-state index is 0.886. The Morgan fingerprint density at radius 3 is 2.00 bits per heavy atom. The monoisotopic (exact) mass is 227 g/mol. The van der Waals surface area contributed by atoms with Crippen molar-refractivity contribution in [3.05, 3.63) is 0 Å². The van der Waals surface area contributed by atoms with Gasteiger partial charge in [0.15, 0.2) is 12.4 Å². The van der Waals surface area contributed by atoms with Crippen molar-refractivity contribution in [3.63, 3.8) is 0 Å². The van der Waals surface area contributed by atoms with E-state index in [9.17, 15) is 0 Å². The third-order valence-electron chi connectivity index (χ3n) is 1.95. The maximum atomic E-state index is 7.48. The van der Waals surface area contributed by atoms with Crippen LogP contribution in [0.3, 0.4) is 0 Å². The second-order valence-corrected chi connectivity index (χ2v) is 4.34. The second-order valence-electron chi connectivity index (χ2n) is 3.39. The Bertz CT molecular complexity index is 181. The molecule has 0 radical (unpaired) electrons. The van der Waals surface area contributed by atoms with E-state index in [0.717, 1.165) is 5.66 Å². The molecule has 0 aliphatic rings. The average molecular weight is 227 g/mol. The summed E-state index contributed by atoms with van der Waals surface area (Å²) < 4.78 is 0. The molecule has 4 heteroatoms. The van der Waals surface area contributed by atoms with E-state index in [-0.39, 0.29) is 0 Å². The van der Waals surface area contributed by atoms with Gasteiger partial charge in [0.2, 0.25) is 0 Å². The van der Waals surface area contributed by atoms with Crippen molar-refractivity contribution in [2.75, 3.05) is 0 Å². The van der Waals surface area contributed by atoms with Gasteiger partial charge in [-0.15, -0.1) is 9.24 Å². The van der Waals surface area contributed by atoms with E-state index in [1.165, 1.54) is 50.9 Å². The molecule has 0 saturated carbocycles. The zero-order valence-corrected chi connectivity index (χ0v) is 10.9. The standard InChI is InChI=1S/C9H21P.C2HN3/c1-3-5-6-8-9(10)7-4-2;3-1-5-2-4/h9H,3-8,10H2,1-2H3;5H. The van der Waals surface area contributed by atoms with Gasteiger partial charge in [0.25, 0.3) is 0 Å². The summed E-state index contributed by atoms with van der Waals surface area (Å²) >= 11 is 0. The van der Waals surface area contributed by atoms with Crippen LogP contribution in [-0.2, 0) is 0 Å². The first-order valence-corrected chi connectivity index (χ1v) is 6.18. The highest BCUT2D eigenvalue weighted by Gasteiger charge is 1.98. The Labute approximate surface area is 96.1 Å². The Balaban J connectivity index is 0. The quantitative estimate of drug-likeness (QED) is 0.328. The van der Waals surface area contributed by atoms with Crippen molar-refractivity contribution in [1.82, 2.24) is 5.32 Å². The van der Waals surface area contributed by atoms with Crippen LogP contribution in [0.1, 0.15) is 52.4 Å². The summed E-state index contributed by atoms with van der Waals surface area (Å²) in [6, 6.07) is 0. The molecular formula is C11H22N3P. The molecule has 0 aromatic rings. The van der Waals surface area contributed by atoms with Crippen LogP contribution in [0.5, 0.6) is 0 Å². The predicted octanol–water partition coefficient (Wildman–Crippen LogP) is 3.15. The van der Waals surface area contributed by atoms with E-state index in [1.54, 1.807) is 5.32 Å². The molecule has 0 heterocycles. The van der Waals surface area contributed by atoms with E-state index >= 15 is 0 Å². The van der Waals surface area contributed by atoms with E-state index in [4.69, 9.17) is 10.5 Å². The maximum Gasteiger partial charge on any atom is 0.190 e. The second kappa shape index (κ2) is 15.7. The summed E-state index contributed by atoms with van der Waals surface area (Å²) in [6.45, 7) is 4.52. The van der Waals surface area contributed by atoms with E-state index in [1.807, 2.05) is 0 Å². The Kier molecular flexibility index (Phi) is 17.4. The molecule has 0 spiro atoms. The molecular weight excluding hydrogens is 205 g/mol. The lowest BCUT2D eigenvalue weighted by Gasteiger charge is -2.07. The van der Waals surface area contributed by atoms with Gasteiger partial charge in [-0.1, -0.05) is 39.5 Å². The van der Waals surface area contributed by atoms with Crippen LogP contribution in [-0.4, -0.2) is 5.66 Å². The molecule has 0 aliphatic heterocycles. The number of rotatable bonds is 6. The van der Waals surface area contributed by atoms with Crippen molar-refractivity contribution in [3.8, 4) is 12.4 Å². The number of nitrogens with one attached hydrogen (secondary N) is 1. The number of hydrogen-bond acceptors (Lipinski definition) is 3. The minimum absolute atomic E-state index is 0.886. The molecule has 0 fully saturated rings. The molecule has 0 saturated heterocycles. The van der Waals surface area contributed by atoms with Gasteiger partial charge in [0.1, 0.15) is 0 Å². The van der Waals surface area contributed by atoms with Crippen LogP contribution >= 0.6 is 9.24 Å². The molecule has 0 aliphatic carbocycles. The highest BCUT2D eigenvalue weighted by atomic mass is 31.0. The maximum absolute atomic E-state index is 7.48. The molecule has 1 N–H and O–H groups in total. The Morgan fingerprint density at radius 2 is 1.67 bits per heavy atom. The van der Waals surface area contributed by atoms with Gasteiger partial charge in [0.05, 0.1) is 0 Å². The summed E-state index contributed by atoms with van der Waals surface area (Å²) in [5, 5.41) is 16.7. The van der Waals surface area contributed by atoms with Gasteiger partial charge in [-0.2, -0.15) is 10.5 Å². The Morgan fingerprint density at radius 1 is 1.07 bits per heavy atom. The first-order chi connectivity index (χ1) is 7.22. The fraction of sp³-hybridized carbons (Fsp3) is 0.818. The van der Waals surface area contributed by atoms with E-state index in [0.29, 0.717) is 0 Å². The first kappa shape index (κ1) is 16.6. The lowest BCUT2D eigenvalue weighted by atomic mass is 10.1. The first-order valence-electron chi connectivity index (χ1n) is 5.51. The molecule has 2 unspecified atom stereocenters. The van der Waals surface area contributed by atoms with Crippen molar-refractivity contribution in [2.45, 2.75) is 58.0 Å². The lowest BCUT2D eigenvalue weighted by molar-refractivity contribution is 0.614. The highest BCUT2D eigenvalue weighted by molar-refractivity contribution is 7.17. The number of nitrogens with zero attached hydrogens (tertiary/aromatic N) is 2. The summed E-state index contributed by atoms with van der Waals surface area (Å²) in [4.78, 5) is 0. The molecule has 0 bridgehead atoms. The van der Waals surface area contributed by atoms with Crippen LogP contribution in [0.25, 0.3) is 0 Å². The third-order valence-corrected chi connectivity index (χ3v) is 2.62. The van der Waals surface area contributed by atoms with E-state index < -0.39 is 0 Å². The highest BCUT2D eigenvalue weighted by Crippen LogP contribution is 2.15. The molecule has 0 aromatic heterocycles. The zero-order chi connectivity index (χ0) is 11.9. The van der Waals surface area contributed by atoms with Gasteiger partial charge in [-0.05, 0) is 18.5 Å². The topological polar surface area (TPSA) is 59.6 Å². The van der Waals surface area contributed by atoms with Crippen molar-refractivity contribution in [2.24, 2.45) is 0 Å². The number of nitriles is 2. The molecule has 2 atom stereocenters. The zero-order valence-electron chi connectivity index (χ0n) is 9.79. The number of hydrogen-bond donors (Lipinski definition) is 1. The van der Waals surface area contributed by atoms with Gasteiger partial charge < -0.3 is 0 Å². The van der Waals surface area contributed by atoms with Gasteiger partial charge in [-0.3, -0.25) is 0 Å². The average Bonchev–Trinajstić information content (AvgIpc) is 2.21. The smallest absolute Gasteiger partial charge is 0.190 e. The lowest BCUT2D eigenvalue weighted by Crippen LogP contribution is -1.95. The molecule has 0 aromatic carbocycles. The molecule has 86 valence electrons.